The highest BCUT2D eigenvalue weighted by Gasteiger charge is 2.24. The van der Waals surface area contributed by atoms with Crippen molar-refractivity contribution in [2.45, 2.75) is 18.7 Å². The number of aromatic amines is 1. The Balaban J connectivity index is 1.90. The molecule has 0 spiro atoms. The first-order chi connectivity index (χ1) is 12.9. The van der Waals surface area contributed by atoms with Crippen molar-refractivity contribution >= 4 is 47.4 Å². The van der Waals surface area contributed by atoms with Crippen LogP contribution in [0.25, 0.3) is 20.3 Å². The summed E-state index contributed by atoms with van der Waals surface area (Å²) in [5.41, 5.74) is 1.92. The zero-order valence-electron chi connectivity index (χ0n) is 14.8. The van der Waals surface area contributed by atoms with Crippen molar-refractivity contribution in [1.82, 2.24) is 9.97 Å². The molecule has 0 saturated heterocycles. The van der Waals surface area contributed by atoms with Crippen LogP contribution in [0.3, 0.4) is 0 Å². The number of rotatable bonds is 4. The minimum atomic E-state index is -3.74. The molecule has 8 heteroatoms. The number of fused-ring (bicyclic) bond motifs is 3. The largest absolute Gasteiger partial charge is 0.312 e. The highest BCUT2D eigenvalue weighted by Crippen LogP contribution is 2.33. The van der Waals surface area contributed by atoms with E-state index in [-0.39, 0.29) is 10.5 Å². The quantitative estimate of drug-likeness (QED) is 0.568. The molecule has 0 unspecified atom stereocenters. The molecule has 4 aromatic rings. The van der Waals surface area contributed by atoms with Crippen LogP contribution in [-0.2, 0) is 10.0 Å². The zero-order valence-corrected chi connectivity index (χ0v) is 16.4. The van der Waals surface area contributed by atoms with E-state index in [1.165, 1.54) is 22.0 Å². The van der Waals surface area contributed by atoms with Crippen LogP contribution in [0.5, 0.6) is 0 Å². The first-order valence-corrected chi connectivity index (χ1v) is 10.7. The molecule has 138 valence electrons. The molecule has 0 amide bonds. The van der Waals surface area contributed by atoms with Crippen LogP contribution in [0.15, 0.2) is 58.5 Å². The zero-order chi connectivity index (χ0) is 19.2. The smallest absolute Gasteiger partial charge is 0.268 e. The van der Waals surface area contributed by atoms with Crippen molar-refractivity contribution < 1.29 is 8.42 Å². The molecule has 2 heterocycles. The Labute approximate surface area is 160 Å². The van der Waals surface area contributed by atoms with Crippen molar-refractivity contribution in [2.75, 3.05) is 10.8 Å². The van der Waals surface area contributed by atoms with E-state index in [2.05, 4.69) is 9.97 Å². The Hall–Kier alpha value is -2.71. The van der Waals surface area contributed by atoms with Gasteiger partial charge in [0.05, 0.1) is 22.4 Å². The predicted octanol–water partition coefficient (Wildman–Crippen LogP) is 3.66. The summed E-state index contributed by atoms with van der Waals surface area (Å²) in [6.45, 7) is 4.04. The van der Waals surface area contributed by atoms with Gasteiger partial charge in [-0.2, -0.15) is 0 Å². The minimum absolute atomic E-state index is 0.181. The van der Waals surface area contributed by atoms with Crippen molar-refractivity contribution in [3.63, 3.8) is 0 Å². The van der Waals surface area contributed by atoms with Gasteiger partial charge in [0, 0.05) is 16.6 Å². The van der Waals surface area contributed by atoms with Crippen LogP contribution >= 0.6 is 11.3 Å². The summed E-state index contributed by atoms with van der Waals surface area (Å²) in [4.78, 5) is 19.0. The molecular formula is C19H17N3O3S2. The first kappa shape index (κ1) is 17.7. The molecule has 0 aliphatic heterocycles. The van der Waals surface area contributed by atoms with Gasteiger partial charge in [-0.05, 0) is 49.7 Å². The Kier molecular flexibility index (Phi) is 4.24. The number of nitrogens with zero attached hydrogens (tertiary/aromatic N) is 2. The molecule has 0 radical (unpaired) electrons. The third kappa shape index (κ3) is 2.90. The van der Waals surface area contributed by atoms with Crippen LogP contribution < -0.4 is 9.86 Å². The van der Waals surface area contributed by atoms with Gasteiger partial charge in [0.15, 0.2) is 0 Å². The van der Waals surface area contributed by atoms with Crippen molar-refractivity contribution in [3.05, 3.63) is 64.7 Å². The van der Waals surface area contributed by atoms with Gasteiger partial charge in [-0.1, -0.05) is 12.1 Å². The second-order valence-corrected chi connectivity index (χ2v) is 9.09. The minimum Gasteiger partial charge on any atom is -0.312 e. The van der Waals surface area contributed by atoms with E-state index in [0.29, 0.717) is 27.8 Å². The second kappa shape index (κ2) is 6.47. The lowest BCUT2D eigenvalue weighted by molar-refractivity contribution is 0.592. The Bertz CT molecular complexity index is 1320. The fourth-order valence-corrected chi connectivity index (χ4v) is 5.65. The number of hydrogen-bond acceptors (Lipinski definition) is 5. The summed E-state index contributed by atoms with van der Waals surface area (Å²) in [7, 11) is -3.74. The average molecular weight is 399 g/mol. The summed E-state index contributed by atoms with van der Waals surface area (Å²) >= 11 is 1.31. The van der Waals surface area contributed by atoms with Gasteiger partial charge in [-0.15, -0.1) is 11.3 Å². The standard InChI is InChI=1S/C19H17N3O3S2/c1-3-22(13-6-4-5-12(2)9-13)27(24,25)14-7-8-16-15(10-14)17-18(26-16)19(23)21-11-20-17/h4-11H,3H2,1-2H3,(H,20,21,23). The third-order valence-electron chi connectivity index (χ3n) is 4.39. The van der Waals surface area contributed by atoms with E-state index in [1.807, 2.05) is 25.1 Å². The van der Waals surface area contributed by atoms with E-state index in [9.17, 15) is 13.2 Å². The lowest BCUT2D eigenvalue weighted by atomic mass is 10.2. The Morgan fingerprint density at radius 2 is 2.00 bits per heavy atom. The van der Waals surface area contributed by atoms with Crippen molar-refractivity contribution in [3.8, 4) is 0 Å². The predicted molar refractivity (Wildman–Crippen MR) is 109 cm³/mol. The number of aromatic nitrogens is 2. The highest BCUT2D eigenvalue weighted by atomic mass is 32.2. The molecule has 0 fully saturated rings. The molecule has 1 N–H and O–H groups in total. The number of thiophene rings is 1. The van der Waals surface area contributed by atoms with Crippen LogP contribution in [0.4, 0.5) is 5.69 Å². The molecular weight excluding hydrogens is 382 g/mol. The van der Waals surface area contributed by atoms with Crippen LogP contribution in [0.2, 0.25) is 0 Å². The summed E-state index contributed by atoms with van der Waals surface area (Å²) < 4.78 is 29.3. The Morgan fingerprint density at radius 3 is 2.74 bits per heavy atom. The average Bonchev–Trinajstić information content (AvgIpc) is 3.02. The van der Waals surface area contributed by atoms with E-state index >= 15 is 0 Å². The fourth-order valence-electron chi connectivity index (χ4n) is 3.13. The molecule has 0 atom stereocenters. The number of hydrogen-bond donors (Lipinski definition) is 1. The first-order valence-electron chi connectivity index (χ1n) is 8.41. The van der Waals surface area contributed by atoms with Crippen molar-refractivity contribution in [1.29, 1.82) is 0 Å². The van der Waals surface area contributed by atoms with Gasteiger partial charge < -0.3 is 4.98 Å². The molecule has 4 rings (SSSR count). The van der Waals surface area contributed by atoms with Gasteiger partial charge in [0.25, 0.3) is 15.6 Å². The molecule has 6 nitrogen and oxygen atoms in total. The fraction of sp³-hybridized carbons (Fsp3) is 0.158. The summed E-state index contributed by atoms with van der Waals surface area (Å²) in [5, 5.41) is 0.669. The topological polar surface area (TPSA) is 83.1 Å². The summed E-state index contributed by atoms with van der Waals surface area (Å²) in [5.74, 6) is 0. The number of nitrogens with one attached hydrogen (secondary N) is 1. The lowest BCUT2D eigenvalue weighted by Crippen LogP contribution is -2.30. The van der Waals surface area contributed by atoms with Crippen molar-refractivity contribution in [2.24, 2.45) is 0 Å². The number of anilines is 1. The van der Waals surface area contributed by atoms with Gasteiger partial charge in [-0.25, -0.2) is 13.4 Å². The molecule has 2 aromatic heterocycles. The van der Waals surface area contributed by atoms with Crippen LogP contribution in [0.1, 0.15) is 12.5 Å². The van der Waals surface area contributed by atoms with Gasteiger partial charge in [0.2, 0.25) is 0 Å². The SMILES string of the molecule is CCN(c1cccc(C)c1)S(=O)(=O)c1ccc2sc3c(=O)[nH]cnc3c2c1. The number of benzene rings is 2. The highest BCUT2D eigenvalue weighted by molar-refractivity contribution is 7.92. The maximum absolute atomic E-state index is 13.3. The van der Waals surface area contributed by atoms with Gasteiger partial charge in [0.1, 0.15) is 4.70 Å². The maximum atomic E-state index is 13.3. The van der Waals surface area contributed by atoms with E-state index < -0.39 is 10.0 Å². The monoisotopic (exact) mass is 399 g/mol. The van der Waals surface area contributed by atoms with Crippen LogP contribution in [0, 0.1) is 6.92 Å². The lowest BCUT2D eigenvalue weighted by Gasteiger charge is -2.23. The molecule has 0 bridgehead atoms. The van der Waals surface area contributed by atoms with E-state index in [4.69, 9.17) is 0 Å². The number of aryl methyl sites for hydroxylation is 1. The normalized spacial score (nSPS) is 11.9. The molecule has 0 saturated carbocycles. The number of H-pyrrole nitrogens is 1. The number of sulfonamides is 1. The maximum Gasteiger partial charge on any atom is 0.268 e. The second-order valence-electron chi connectivity index (χ2n) is 6.18. The van der Waals surface area contributed by atoms with Gasteiger partial charge >= 0.3 is 0 Å². The molecule has 0 aliphatic carbocycles. The third-order valence-corrected chi connectivity index (χ3v) is 7.45. The molecule has 2 aromatic carbocycles. The summed E-state index contributed by atoms with van der Waals surface area (Å²) in [6, 6.07) is 12.3. The Morgan fingerprint density at radius 1 is 1.19 bits per heavy atom. The summed E-state index contributed by atoms with van der Waals surface area (Å²) in [6.07, 6.45) is 1.34. The van der Waals surface area contributed by atoms with E-state index in [0.717, 1.165) is 10.3 Å². The van der Waals surface area contributed by atoms with Crippen LogP contribution in [-0.4, -0.2) is 24.9 Å². The molecule has 27 heavy (non-hydrogen) atoms. The van der Waals surface area contributed by atoms with E-state index in [1.54, 1.807) is 31.2 Å². The van der Waals surface area contributed by atoms with Gasteiger partial charge in [-0.3, -0.25) is 9.10 Å². The molecule has 0 aliphatic rings.